The van der Waals surface area contributed by atoms with Crippen LogP contribution in [0.5, 0.6) is 0 Å². The molecule has 3 rings (SSSR count). The van der Waals surface area contributed by atoms with Crippen LogP contribution in [-0.2, 0) is 6.18 Å². The number of urea groups is 1. The van der Waals surface area contributed by atoms with Gasteiger partial charge in [-0.1, -0.05) is 12.1 Å². The highest BCUT2D eigenvalue weighted by Gasteiger charge is 2.33. The standard InChI is InChI=1S/C14H9F3N4OS/c15-14(16,17)9-3-1-2-4-10(9)19-13(22)18-8-5-6-11-12(7-8)21-23-20-11/h1-7H,(H2,18,19,22). The molecule has 1 aromatic heterocycles. The molecule has 1 heterocycles. The number of amides is 2. The molecular formula is C14H9F3N4OS. The fraction of sp³-hybridized carbons (Fsp3) is 0.0714. The van der Waals surface area contributed by atoms with Crippen LogP contribution in [0.1, 0.15) is 5.56 Å². The summed E-state index contributed by atoms with van der Waals surface area (Å²) in [6.07, 6.45) is -4.55. The second-order valence-electron chi connectivity index (χ2n) is 4.59. The Morgan fingerprint density at radius 3 is 2.52 bits per heavy atom. The van der Waals surface area contributed by atoms with Crippen LogP contribution in [0.3, 0.4) is 0 Å². The summed E-state index contributed by atoms with van der Waals surface area (Å²) in [5.41, 5.74) is 0.474. The van der Waals surface area contributed by atoms with Crippen molar-refractivity contribution in [3.05, 3.63) is 48.0 Å². The Bertz CT molecular complexity index is 862. The van der Waals surface area contributed by atoms with Gasteiger partial charge in [-0.05, 0) is 30.3 Å². The molecule has 3 aromatic rings. The molecule has 0 aliphatic carbocycles. The van der Waals surface area contributed by atoms with Gasteiger partial charge in [0.15, 0.2) is 0 Å². The number of hydrogen-bond acceptors (Lipinski definition) is 4. The maximum Gasteiger partial charge on any atom is 0.418 e. The normalized spacial score (nSPS) is 11.4. The van der Waals surface area contributed by atoms with Crippen molar-refractivity contribution in [3.8, 4) is 0 Å². The van der Waals surface area contributed by atoms with Gasteiger partial charge in [0.1, 0.15) is 11.0 Å². The second-order valence-corrected chi connectivity index (χ2v) is 5.12. The topological polar surface area (TPSA) is 66.9 Å². The van der Waals surface area contributed by atoms with E-state index in [-0.39, 0.29) is 5.69 Å². The highest BCUT2D eigenvalue weighted by molar-refractivity contribution is 7.00. The van der Waals surface area contributed by atoms with Gasteiger partial charge in [-0.3, -0.25) is 0 Å². The van der Waals surface area contributed by atoms with Crippen LogP contribution in [-0.4, -0.2) is 14.8 Å². The van der Waals surface area contributed by atoms with Crippen LogP contribution in [0, 0.1) is 0 Å². The first kappa shape index (κ1) is 15.2. The Kier molecular flexibility index (Phi) is 3.87. The van der Waals surface area contributed by atoms with Crippen molar-refractivity contribution < 1.29 is 18.0 Å². The summed E-state index contributed by atoms with van der Waals surface area (Å²) in [4.78, 5) is 11.9. The van der Waals surface area contributed by atoms with Crippen LogP contribution in [0.4, 0.5) is 29.3 Å². The highest BCUT2D eigenvalue weighted by atomic mass is 32.1. The van der Waals surface area contributed by atoms with Crippen molar-refractivity contribution in [3.63, 3.8) is 0 Å². The number of aromatic nitrogens is 2. The van der Waals surface area contributed by atoms with E-state index < -0.39 is 17.8 Å². The van der Waals surface area contributed by atoms with Gasteiger partial charge in [0.25, 0.3) is 0 Å². The summed E-state index contributed by atoms with van der Waals surface area (Å²) in [7, 11) is 0. The van der Waals surface area contributed by atoms with E-state index >= 15 is 0 Å². The lowest BCUT2D eigenvalue weighted by atomic mass is 10.1. The minimum absolute atomic E-state index is 0.311. The van der Waals surface area contributed by atoms with E-state index in [1.54, 1.807) is 18.2 Å². The lowest BCUT2D eigenvalue weighted by Gasteiger charge is -2.14. The van der Waals surface area contributed by atoms with Crippen LogP contribution < -0.4 is 10.6 Å². The third-order valence-electron chi connectivity index (χ3n) is 2.99. The quantitative estimate of drug-likeness (QED) is 0.730. The van der Waals surface area contributed by atoms with Gasteiger partial charge in [0.05, 0.1) is 23.0 Å². The fourth-order valence-corrected chi connectivity index (χ4v) is 2.50. The summed E-state index contributed by atoms with van der Waals surface area (Å²) in [5.74, 6) is 0. The zero-order chi connectivity index (χ0) is 16.4. The van der Waals surface area contributed by atoms with Crippen molar-refractivity contribution in [2.75, 3.05) is 10.6 Å². The van der Waals surface area contributed by atoms with Gasteiger partial charge in [0, 0.05) is 5.69 Å². The summed E-state index contributed by atoms with van der Waals surface area (Å²) >= 11 is 1.03. The Morgan fingerprint density at radius 1 is 1.00 bits per heavy atom. The molecule has 0 spiro atoms. The van der Waals surface area contributed by atoms with Crippen molar-refractivity contribution in [2.24, 2.45) is 0 Å². The monoisotopic (exact) mass is 338 g/mol. The molecule has 118 valence electrons. The van der Waals surface area contributed by atoms with E-state index in [0.717, 1.165) is 17.8 Å². The predicted octanol–water partition coefficient (Wildman–Crippen LogP) is 4.35. The number of alkyl halides is 3. The van der Waals surface area contributed by atoms with Crippen LogP contribution in [0.2, 0.25) is 0 Å². The average Bonchev–Trinajstić information content (AvgIpc) is 2.94. The van der Waals surface area contributed by atoms with Gasteiger partial charge in [-0.2, -0.15) is 21.9 Å². The molecule has 0 saturated carbocycles. The number of carbonyl (C=O) groups is 1. The minimum atomic E-state index is -4.55. The lowest BCUT2D eigenvalue weighted by Crippen LogP contribution is -2.21. The molecule has 9 heteroatoms. The Hall–Kier alpha value is -2.68. The first-order valence-corrected chi connectivity index (χ1v) is 7.13. The van der Waals surface area contributed by atoms with Gasteiger partial charge in [0.2, 0.25) is 0 Å². The maximum absolute atomic E-state index is 12.9. The van der Waals surface area contributed by atoms with Crippen molar-refractivity contribution in [2.45, 2.75) is 6.18 Å². The largest absolute Gasteiger partial charge is 0.418 e. The number of para-hydroxylation sites is 1. The Balaban J connectivity index is 1.77. The summed E-state index contributed by atoms with van der Waals surface area (Å²) in [6, 6.07) is 8.85. The van der Waals surface area contributed by atoms with E-state index in [1.165, 1.54) is 18.2 Å². The Labute approximate surface area is 132 Å². The van der Waals surface area contributed by atoms with E-state index in [4.69, 9.17) is 0 Å². The smallest absolute Gasteiger partial charge is 0.308 e. The molecule has 0 atom stereocenters. The van der Waals surface area contributed by atoms with Gasteiger partial charge >= 0.3 is 12.2 Å². The summed E-state index contributed by atoms with van der Waals surface area (Å²) in [5, 5.41) is 4.67. The number of benzene rings is 2. The molecule has 0 saturated heterocycles. The molecule has 0 unspecified atom stereocenters. The van der Waals surface area contributed by atoms with Crippen molar-refractivity contribution >= 4 is 40.2 Å². The molecule has 2 amide bonds. The first-order valence-electron chi connectivity index (χ1n) is 6.40. The van der Waals surface area contributed by atoms with E-state index in [1.807, 2.05) is 0 Å². The first-order chi connectivity index (χ1) is 10.9. The molecular weight excluding hydrogens is 329 g/mol. The number of rotatable bonds is 2. The molecule has 23 heavy (non-hydrogen) atoms. The van der Waals surface area contributed by atoms with Crippen molar-refractivity contribution in [1.29, 1.82) is 0 Å². The fourth-order valence-electron chi connectivity index (χ4n) is 1.98. The third kappa shape index (κ3) is 3.39. The SMILES string of the molecule is O=C(Nc1ccc2nsnc2c1)Nc1ccccc1C(F)(F)F. The highest BCUT2D eigenvalue weighted by Crippen LogP contribution is 2.34. The van der Waals surface area contributed by atoms with E-state index in [9.17, 15) is 18.0 Å². The molecule has 0 radical (unpaired) electrons. The number of carbonyl (C=O) groups excluding carboxylic acids is 1. The van der Waals surface area contributed by atoms with Gasteiger partial charge in [-0.15, -0.1) is 0 Å². The molecule has 0 aliphatic rings. The predicted molar refractivity (Wildman–Crippen MR) is 81.5 cm³/mol. The summed E-state index contributed by atoms with van der Waals surface area (Å²) < 4.78 is 46.7. The van der Waals surface area contributed by atoms with Gasteiger partial charge in [-0.25, -0.2) is 4.79 Å². The van der Waals surface area contributed by atoms with E-state index in [0.29, 0.717) is 16.7 Å². The summed E-state index contributed by atoms with van der Waals surface area (Å²) in [6.45, 7) is 0. The molecule has 5 nitrogen and oxygen atoms in total. The van der Waals surface area contributed by atoms with E-state index in [2.05, 4.69) is 19.4 Å². The second kappa shape index (κ2) is 5.84. The van der Waals surface area contributed by atoms with Crippen molar-refractivity contribution in [1.82, 2.24) is 8.75 Å². The zero-order valence-electron chi connectivity index (χ0n) is 11.4. The number of nitrogens with one attached hydrogen (secondary N) is 2. The third-order valence-corrected chi connectivity index (χ3v) is 3.55. The van der Waals surface area contributed by atoms with Crippen LogP contribution in [0.25, 0.3) is 11.0 Å². The Morgan fingerprint density at radius 2 is 1.74 bits per heavy atom. The molecule has 0 bridgehead atoms. The number of nitrogens with zero attached hydrogens (tertiary/aromatic N) is 2. The average molecular weight is 338 g/mol. The number of hydrogen-bond donors (Lipinski definition) is 2. The lowest BCUT2D eigenvalue weighted by molar-refractivity contribution is -0.136. The van der Waals surface area contributed by atoms with Crippen LogP contribution >= 0.6 is 11.7 Å². The molecule has 2 aromatic carbocycles. The number of halogens is 3. The molecule has 2 N–H and O–H groups in total. The maximum atomic E-state index is 12.9. The zero-order valence-corrected chi connectivity index (χ0v) is 12.2. The molecule has 0 fully saturated rings. The number of anilines is 2. The van der Waals surface area contributed by atoms with Gasteiger partial charge < -0.3 is 10.6 Å². The number of fused-ring (bicyclic) bond motifs is 1. The minimum Gasteiger partial charge on any atom is -0.308 e. The van der Waals surface area contributed by atoms with Crippen LogP contribution in [0.15, 0.2) is 42.5 Å². The molecule has 0 aliphatic heterocycles.